The van der Waals surface area contributed by atoms with Crippen molar-refractivity contribution in [1.29, 1.82) is 0 Å². The van der Waals surface area contributed by atoms with E-state index >= 15 is 0 Å². The van der Waals surface area contributed by atoms with Crippen LogP contribution < -0.4 is 10.1 Å². The quantitative estimate of drug-likeness (QED) is 0.904. The fraction of sp³-hybridized carbons (Fsp3) is 0.533. The van der Waals surface area contributed by atoms with Crippen molar-refractivity contribution >= 4 is 5.91 Å². The van der Waals surface area contributed by atoms with E-state index in [0.29, 0.717) is 5.92 Å². The van der Waals surface area contributed by atoms with E-state index in [1.807, 2.05) is 31.3 Å². The molecule has 1 saturated heterocycles. The molecular formula is C15H22N2O2. The first kappa shape index (κ1) is 13.9. The maximum absolute atomic E-state index is 12.3. The summed E-state index contributed by atoms with van der Waals surface area (Å²) in [5.41, 5.74) is 1.01. The van der Waals surface area contributed by atoms with Crippen LogP contribution in [0.25, 0.3) is 0 Å². The summed E-state index contributed by atoms with van der Waals surface area (Å²) in [5, 5.41) is 3.43. The zero-order valence-corrected chi connectivity index (χ0v) is 12.0. The van der Waals surface area contributed by atoms with Crippen molar-refractivity contribution in [2.24, 2.45) is 5.92 Å². The second-order valence-electron chi connectivity index (χ2n) is 5.12. The molecule has 1 fully saturated rings. The molecule has 0 saturated carbocycles. The molecule has 0 bridgehead atoms. The Kier molecular flexibility index (Phi) is 4.10. The van der Waals surface area contributed by atoms with Gasteiger partial charge in [0.25, 0.3) is 0 Å². The van der Waals surface area contributed by atoms with E-state index in [9.17, 15) is 4.79 Å². The minimum absolute atomic E-state index is 0.107. The van der Waals surface area contributed by atoms with Gasteiger partial charge in [0.15, 0.2) is 0 Å². The van der Waals surface area contributed by atoms with Crippen LogP contribution in [0.1, 0.15) is 32.0 Å². The Balaban J connectivity index is 2.29. The lowest BCUT2D eigenvalue weighted by Crippen LogP contribution is -2.35. The molecule has 0 radical (unpaired) electrons. The highest BCUT2D eigenvalue weighted by Crippen LogP contribution is 2.32. The zero-order chi connectivity index (χ0) is 14.0. The topological polar surface area (TPSA) is 41.6 Å². The molecule has 1 aliphatic heterocycles. The molecule has 3 atom stereocenters. The number of carbonyl (C=O) groups is 1. The number of rotatable bonds is 4. The highest BCUT2D eigenvalue weighted by molar-refractivity contribution is 5.84. The van der Waals surface area contributed by atoms with E-state index < -0.39 is 0 Å². The summed E-state index contributed by atoms with van der Waals surface area (Å²) in [5.74, 6) is 1.30. The van der Waals surface area contributed by atoms with E-state index in [1.54, 1.807) is 12.0 Å². The Hall–Kier alpha value is -1.55. The van der Waals surface area contributed by atoms with Crippen molar-refractivity contribution in [2.45, 2.75) is 32.5 Å². The molecule has 1 N–H and O–H groups in total. The molecule has 0 spiro atoms. The Bertz CT molecular complexity index is 461. The number of nitrogens with one attached hydrogen (secondary N) is 1. The number of hydrogen-bond acceptors (Lipinski definition) is 3. The second kappa shape index (κ2) is 5.61. The average molecular weight is 262 g/mol. The third-order valence-corrected chi connectivity index (χ3v) is 3.98. The number of carbonyl (C=O) groups excluding carboxylic acids is 1. The van der Waals surface area contributed by atoms with Gasteiger partial charge in [-0.05, 0) is 12.0 Å². The second-order valence-corrected chi connectivity index (χ2v) is 5.12. The van der Waals surface area contributed by atoms with E-state index in [0.717, 1.165) is 17.7 Å². The number of benzene rings is 1. The van der Waals surface area contributed by atoms with Gasteiger partial charge in [0.1, 0.15) is 11.9 Å². The molecule has 19 heavy (non-hydrogen) atoms. The van der Waals surface area contributed by atoms with Gasteiger partial charge in [0, 0.05) is 12.6 Å². The molecule has 1 aromatic carbocycles. The van der Waals surface area contributed by atoms with Gasteiger partial charge in [0.2, 0.25) is 5.91 Å². The van der Waals surface area contributed by atoms with Gasteiger partial charge < -0.3 is 9.64 Å². The van der Waals surface area contributed by atoms with Crippen LogP contribution in [-0.2, 0) is 4.79 Å². The van der Waals surface area contributed by atoms with E-state index in [2.05, 4.69) is 19.2 Å². The first-order valence-corrected chi connectivity index (χ1v) is 6.75. The van der Waals surface area contributed by atoms with Gasteiger partial charge in [-0.25, -0.2) is 0 Å². The minimum Gasteiger partial charge on any atom is -0.496 e. The lowest BCUT2D eigenvalue weighted by atomic mass is 9.99. The number of ether oxygens (including phenoxy) is 1. The molecule has 4 nitrogen and oxygen atoms in total. The van der Waals surface area contributed by atoms with Gasteiger partial charge in [-0.1, -0.05) is 38.5 Å². The predicted molar refractivity (Wildman–Crippen MR) is 74.9 cm³/mol. The van der Waals surface area contributed by atoms with E-state index in [4.69, 9.17) is 4.74 Å². The molecule has 1 aromatic rings. The van der Waals surface area contributed by atoms with Crippen LogP contribution in [-0.4, -0.2) is 31.0 Å². The Morgan fingerprint density at radius 2 is 2.11 bits per heavy atom. The Morgan fingerprint density at radius 1 is 1.42 bits per heavy atom. The molecule has 1 aliphatic rings. The monoisotopic (exact) mass is 262 g/mol. The van der Waals surface area contributed by atoms with Crippen molar-refractivity contribution < 1.29 is 9.53 Å². The van der Waals surface area contributed by atoms with Gasteiger partial charge >= 0.3 is 0 Å². The summed E-state index contributed by atoms with van der Waals surface area (Å²) in [6.45, 7) is 4.21. The van der Waals surface area contributed by atoms with Crippen molar-refractivity contribution in [1.82, 2.24) is 10.2 Å². The molecule has 0 aliphatic carbocycles. The standard InChI is InChI=1S/C15H22N2O2/c1-5-10(2)13-15(18)17(3)14(16-13)11-8-6-7-9-12(11)19-4/h6-10,13-14,16H,5H2,1-4H3. The molecule has 0 aromatic heterocycles. The lowest BCUT2D eigenvalue weighted by Gasteiger charge is -2.21. The first-order valence-electron chi connectivity index (χ1n) is 6.75. The van der Waals surface area contributed by atoms with Gasteiger partial charge in [-0.3, -0.25) is 10.1 Å². The third-order valence-electron chi connectivity index (χ3n) is 3.98. The summed E-state index contributed by atoms with van der Waals surface area (Å²) in [4.78, 5) is 14.1. The molecular weight excluding hydrogens is 240 g/mol. The highest BCUT2D eigenvalue weighted by Gasteiger charge is 2.40. The largest absolute Gasteiger partial charge is 0.496 e. The summed E-state index contributed by atoms with van der Waals surface area (Å²) >= 11 is 0. The van der Waals surface area contributed by atoms with Gasteiger partial charge in [0.05, 0.1) is 13.2 Å². The average Bonchev–Trinajstić information content (AvgIpc) is 2.74. The maximum Gasteiger partial charge on any atom is 0.241 e. The van der Waals surface area contributed by atoms with E-state index in [-0.39, 0.29) is 18.1 Å². The fourth-order valence-corrected chi connectivity index (χ4v) is 2.53. The van der Waals surface area contributed by atoms with Crippen molar-refractivity contribution in [3.63, 3.8) is 0 Å². The number of nitrogens with zero attached hydrogens (tertiary/aromatic N) is 1. The summed E-state index contributed by atoms with van der Waals surface area (Å²) < 4.78 is 5.39. The van der Waals surface area contributed by atoms with Gasteiger partial charge in [-0.2, -0.15) is 0 Å². The lowest BCUT2D eigenvalue weighted by molar-refractivity contribution is -0.129. The minimum atomic E-state index is -0.109. The van der Waals surface area contributed by atoms with Crippen LogP contribution in [0.4, 0.5) is 0 Å². The third kappa shape index (κ3) is 2.45. The van der Waals surface area contributed by atoms with E-state index in [1.165, 1.54) is 0 Å². The molecule has 2 rings (SSSR count). The fourth-order valence-electron chi connectivity index (χ4n) is 2.53. The van der Waals surface area contributed by atoms with Crippen LogP contribution in [0.15, 0.2) is 24.3 Å². The SMILES string of the molecule is CCC(C)C1NC(c2ccccc2OC)N(C)C1=O. The van der Waals surface area contributed by atoms with Crippen molar-refractivity contribution in [2.75, 3.05) is 14.2 Å². The maximum atomic E-state index is 12.3. The van der Waals surface area contributed by atoms with Crippen LogP contribution in [0.2, 0.25) is 0 Å². The Morgan fingerprint density at radius 3 is 2.74 bits per heavy atom. The first-order chi connectivity index (χ1) is 9.10. The normalized spacial score (nSPS) is 24.6. The Labute approximate surface area is 114 Å². The smallest absolute Gasteiger partial charge is 0.241 e. The summed E-state index contributed by atoms with van der Waals surface area (Å²) in [6.07, 6.45) is 0.873. The molecule has 1 amide bonds. The summed E-state index contributed by atoms with van der Waals surface area (Å²) in [7, 11) is 3.50. The van der Waals surface area contributed by atoms with Crippen molar-refractivity contribution in [3.05, 3.63) is 29.8 Å². The van der Waals surface area contributed by atoms with Crippen LogP contribution in [0, 0.1) is 5.92 Å². The van der Waals surface area contributed by atoms with Crippen molar-refractivity contribution in [3.8, 4) is 5.75 Å². The number of para-hydroxylation sites is 1. The molecule has 4 heteroatoms. The number of methoxy groups -OCH3 is 1. The predicted octanol–water partition coefficient (Wildman–Crippen LogP) is 2.17. The molecule has 1 heterocycles. The van der Waals surface area contributed by atoms with Crippen LogP contribution in [0.5, 0.6) is 5.75 Å². The molecule has 3 unspecified atom stereocenters. The van der Waals surface area contributed by atoms with Crippen LogP contribution >= 0.6 is 0 Å². The van der Waals surface area contributed by atoms with Crippen LogP contribution in [0.3, 0.4) is 0 Å². The number of amides is 1. The van der Waals surface area contributed by atoms with Gasteiger partial charge in [-0.15, -0.1) is 0 Å². The number of hydrogen-bond donors (Lipinski definition) is 1. The summed E-state index contributed by atoms with van der Waals surface area (Å²) in [6, 6.07) is 7.72. The number of likely N-dealkylation sites (N-methyl/N-ethyl adjacent to an activating group) is 1. The zero-order valence-electron chi connectivity index (χ0n) is 12.0. The molecule has 104 valence electrons. The highest BCUT2D eigenvalue weighted by atomic mass is 16.5.